The van der Waals surface area contributed by atoms with Crippen molar-refractivity contribution in [1.29, 1.82) is 5.26 Å². The Bertz CT molecular complexity index is 1070. The molecule has 142 valence electrons. The van der Waals surface area contributed by atoms with Gasteiger partial charge in [-0.2, -0.15) is 18.4 Å². The van der Waals surface area contributed by atoms with Gasteiger partial charge < -0.3 is 5.32 Å². The molecule has 0 atom stereocenters. The molecule has 3 nitrogen and oxygen atoms in total. The summed E-state index contributed by atoms with van der Waals surface area (Å²) in [4.78, 5) is 4.50. The number of aryl methyl sites for hydroxylation is 2. The maximum absolute atomic E-state index is 12.8. The van der Waals surface area contributed by atoms with E-state index in [1.807, 2.05) is 43.5 Å². The van der Waals surface area contributed by atoms with Crippen LogP contribution in [-0.4, -0.2) is 4.98 Å². The zero-order chi connectivity index (χ0) is 20.3. The van der Waals surface area contributed by atoms with Gasteiger partial charge in [-0.05, 0) is 49.2 Å². The van der Waals surface area contributed by atoms with Crippen LogP contribution in [0.3, 0.4) is 0 Å². The maximum atomic E-state index is 12.8. The van der Waals surface area contributed by atoms with E-state index < -0.39 is 11.7 Å². The number of halogens is 3. The van der Waals surface area contributed by atoms with Crippen LogP contribution in [0.2, 0.25) is 0 Å². The number of nitrogens with zero attached hydrogens (tertiary/aromatic N) is 2. The van der Waals surface area contributed by atoms with Crippen molar-refractivity contribution in [2.45, 2.75) is 20.0 Å². The quantitative estimate of drug-likeness (QED) is 0.515. The minimum Gasteiger partial charge on any atom is -0.360 e. The van der Waals surface area contributed by atoms with Crippen molar-refractivity contribution in [3.63, 3.8) is 0 Å². The van der Waals surface area contributed by atoms with E-state index in [1.165, 1.54) is 35.2 Å². The van der Waals surface area contributed by atoms with Crippen LogP contribution >= 0.6 is 11.3 Å². The molecule has 0 saturated carbocycles. The number of hydrogen-bond donors (Lipinski definition) is 1. The number of anilines is 1. The molecule has 1 N–H and O–H groups in total. The van der Waals surface area contributed by atoms with Crippen LogP contribution in [0.1, 0.15) is 21.7 Å². The molecular weight excluding hydrogens is 383 g/mol. The summed E-state index contributed by atoms with van der Waals surface area (Å²) in [5.74, 6) is 0. The maximum Gasteiger partial charge on any atom is 0.416 e. The van der Waals surface area contributed by atoms with Gasteiger partial charge in [-0.25, -0.2) is 4.98 Å². The summed E-state index contributed by atoms with van der Waals surface area (Å²) in [7, 11) is 0. The van der Waals surface area contributed by atoms with Gasteiger partial charge in [0, 0.05) is 22.8 Å². The Labute approximate surface area is 164 Å². The van der Waals surface area contributed by atoms with E-state index in [0.29, 0.717) is 5.01 Å². The first-order chi connectivity index (χ1) is 13.3. The molecule has 7 heteroatoms. The van der Waals surface area contributed by atoms with E-state index in [-0.39, 0.29) is 11.3 Å². The lowest BCUT2D eigenvalue weighted by atomic mass is 10.1. The molecule has 0 aliphatic carbocycles. The fourth-order valence-electron chi connectivity index (χ4n) is 2.51. The molecule has 3 aromatic rings. The van der Waals surface area contributed by atoms with Gasteiger partial charge in [-0.1, -0.05) is 18.2 Å². The van der Waals surface area contributed by atoms with Crippen molar-refractivity contribution in [2.75, 3.05) is 5.32 Å². The number of benzene rings is 2. The minimum atomic E-state index is -4.42. The predicted octanol–water partition coefficient (Wildman–Crippen LogP) is 6.42. The molecule has 3 rings (SSSR count). The summed E-state index contributed by atoms with van der Waals surface area (Å²) >= 11 is 1.31. The van der Waals surface area contributed by atoms with E-state index in [4.69, 9.17) is 0 Å². The van der Waals surface area contributed by atoms with Crippen molar-refractivity contribution in [3.05, 3.63) is 75.7 Å². The van der Waals surface area contributed by atoms with E-state index in [2.05, 4.69) is 10.3 Å². The number of nitriles is 1. The van der Waals surface area contributed by atoms with Gasteiger partial charge >= 0.3 is 6.18 Å². The van der Waals surface area contributed by atoms with Crippen molar-refractivity contribution in [3.8, 4) is 17.3 Å². The van der Waals surface area contributed by atoms with Crippen molar-refractivity contribution in [1.82, 2.24) is 4.98 Å². The highest BCUT2D eigenvalue weighted by Gasteiger charge is 2.30. The van der Waals surface area contributed by atoms with Crippen molar-refractivity contribution in [2.24, 2.45) is 0 Å². The second-order valence-corrected chi connectivity index (χ2v) is 7.09. The molecule has 0 spiro atoms. The summed E-state index contributed by atoms with van der Waals surface area (Å²) < 4.78 is 38.4. The summed E-state index contributed by atoms with van der Waals surface area (Å²) in [6, 6.07) is 12.9. The van der Waals surface area contributed by atoms with Gasteiger partial charge in [0.15, 0.2) is 0 Å². The van der Waals surface area contributed by atoms with Gasteiger partial charge in [0.25, 0.3) is 0 Å². The van der Waals surface area contributed by atoms with Crippen LogP contribution in [0.25, 0.3) is 16.8 Å². The molecule has 0 aliphatic rings. The molecule has 2 aromatic carbocycles. The third-order valence-electron chi connectivity index (χ3n) is 4.23. The highest BCUT2D eigenvalue weighted by atomic mass is 32.1. The number of nitrogens with one attached hydrogen (secondary N) is 1. The van der Waals surface area contributed by atoms with Gasteiger partial charge in [-0.3, -0.25) is 0 Å². The first-order valence-electron chi connectivity index (χ1n) is 8.35. The third kappa shape index (κ3) is 4.41. The Kier molecular flexibility index (Phi) is 5.52. The smallest absolute Gasteiger partial charge is 0.360 e. The van der Waals surface area contributed by atoms with Crippen molar-refractivity contribution >= 4 is 22.6 Å². The fourth-order valence-corrected chi connectivity index (χ4v) is 3.31. The van der Waals surface area contributed by atoms with Crippen LogP contribution in [0.15, 0.2) is 54.0 Å². The van der Waals surface area contributed by atoms with Crippen LogP contribution < -0.4 is 5.32 Å². The monoisotopic (exact) mass is 399 g/mol. The van der Waals surface area contributed by atoms with Crippen LogP contribution in [0.4, 0.5) is 18.9 Å². The van der Waals surface area contributed by atoms with Crippen molar-refractivity contribution < 1.29 is 13.2 Å². The number of thiazole rings is 1. The molecular formula is C21H16F3N3S. The molecule has 1 heterocycles. The molecule has 0 fully saturated rings. The molecule has 0 radical (unpaired) electrons. The second kappa shape index (κ2) is 7.87. The molecule has 0 unspecified atom stereocenters. The van der Waals surface area contributed by atoms with Gasteiger partial charge in [0.2, 0.25) is 0 Å². The van der Waals surface area contributed by atoms with Gasteiger partial charge in [-0.15, -0.1) is 11.3 Å². The molecule has 0 bridgehead atoms. The summed E-state index contributed by atoms with van der Waals surface area (Å²) in [6.07, 6.45) is -3.05. The second-order valence-electron chi connectivity index (χ2n) is 6.23. The van der Waals surface area contributed by atoms with E-state index in [1.54, 1.807) is 0 Å². The Hall–Kier alpha value is -3.11. The highest BCUT2D eigenvalue weighted by Crippen LogP contribution is 2.31. The summed E-state index contributed by atoms with van der Waals surface area (Å²) in [5.41, 5.74) is 3.77. The first kappa shape index (κ1) is 19.6. The molecule has 1 aromatic heterocycles. The molecule has 0 amide bonds. The average Bonchev–Trinajstić information content (AvgIpc) is 3.14. The summed E-state index contributed by atoms with van der Waals surface area (Å²) in [5, 5.41) is 14.5. The number of allylic oxidation sites excluding steroid dienone is 1. The van der Waals surface area contributed by atoms with Crippen LogP contribution in [0.5, 0.6) is 0 Å². The number of rotatable bonds is 4. The Morgan fingerprint density at radius 2 is 1.93 bits per heavy atom. The number of aromatic nitrogens is 1. The normalized spacial score (nSPS) is 11.9. The molecule has 0 aliphatic heterocycles. The number of hydrogen-bond acceptors (Lipinski definition) is 4. The number of alkyl halides is 3. The lowest BCUT2D eigenvalue weighted by Crippen LogP contribution is -2.05. The van der Waals surface area contributed by atoms with Gasteiger partial charge in [0.05, 0.1) is 11.3 Å². The van der Waals surface area contributed by atoms with E-state index >= 15 is 0 Å². The Morgan fingerprint density at radius 3 is 2.61 bits per heavy atom. The lowest BCUT2D eigenvalue weighted by Gasteiger charge is -2.08. The lowest BCUT2D eigenvalue weighted by molar-refractivity contribution is -0.137. The minimum absolute atomic E-state index is 0.244. The topological polar surface area (TPSA) is 48.7 Å². The fraction of sp³-hybridized carbons (Fsp3) is 0.143. The summed E-state index contributed by atoms with van der Waals surface area (Å²) in [6.45, 7) is 4.05. The Morgan fingerprint density at radius 1 is 1.14 bits per heavy atom. The Balaban J connectivity index is 1.83. The zero-order valence-corrected chi connectivity index (χ0v) is 15.9. The first-order valence-corrected chi connectivity index (χ1v) is 9.23. The van der Waals surface area contributed by atoms with E-state index in [9.17, 15) is 18.4 Å². The molecule has 0 saturated heterocycles. The van der Waals surface area contributed by atoms with Gasteiger partial charge in [0.1, 0.15) is 16.6 Å². The van der Waals surface area contributed by atoms with Crippen LogP contribution in [-0.2, 0) is 6.18 Å². The predicted molar refractivity (Wildman–Crippen MR) is 106 cm³/mol. The largest absolute Gasteiger partial charge is 0.416 e. The SMILES string of the molecule is Cc1ccc(-c2csc(C(C#N)=CNc3cccc(C(F)(F)F)c3)n2)cc1C. The average molecular weight is 399 g/mol. The highest BCUT2D eigenvalue weighted by molar-refractivity contribution is 7.11. The molecule has 28 heavy (non-hydrogen) atoms. The van der Waals surface area contributed by atoms with E-state index in [0.717, 1.165) is 29.0 Å². The zero-order valence-electron chi connectivity index (χ0n) is 15.1. The van der Waals surface area contributed by atoms with Crippen LogP contribution in [0, 0.1) is 25.2 Å². The third-order valence-corrected chi connectivity index (χ3v) is 5.11. The standard InChI is InChI=1S/C21H16F3N3S/c1-13-6-7-15(8-14(13)2)19-12-28-20(27-19)16(10-25)11-26-18-5-3-4-17(9-18)21(22,23)24/h3-9,11-12,26H,1-2H3.